The molecular formula is C20H24N2O2. The van der Waals surface area contributed by atoms with Crippen molar-refractivity contribution in [2.24, 2.45) is 5.92 Å². The molecule has 1 aromatic carbocycles. The van der Waals surface area contributed by atoms with E-state index in [9.17, 15) is 9.59 Å². The number of likely N-dealkylation sites (tertiary alicyclic amines) is 2. The Morgan fingerprint density at radius 2 is 1.96 bits per heavy atom. The smallest absolute Gasteiger partial charge is 0.227 e. The average Bonchev–Trinajstić information content (AvgIpc) is 3.26. The Kier molecular flexibility index (Phi) is 4.01. The first-order valence-electron chi connectivity index (χ1n) is 8.92. The van der Waals surface area contributed by atoms with E-state index in [2.05, 4.69) is 11.9 Å². The van der Waals surface area contributed by atoms with Crippen molar-refractivity contribution in [3.63, 3.8) is 0 Å². The van der Waals surface area contributed by atoms with Gasteiger partial charge in [0, 0.05) is 31.1 Å². The average molecular weight is 324 g/mol. The molecule has 1 aliphatic carbocycles. The van der Waals surface area contributed by atoms with Crippen molar-refractivity contribution < 1.29 is 9.59 Å². The molecule has 2 heterocycles. The Labute approximate surface area is 143 Å². The first-order valence-corrected chi connectivity index (χ1v) is 8.92. The van der Waals surface area contributed by atoms with Gasteiger partial charge in [-0.2, -0.15) is 0 Å². The van der Waals surface area contributed by atoms with Crippen molar-refractivity contribution in [2.45, 2.75) is 31.7 Å². The highest BCUT2D eigenvalue weighted by Crippen LogP contribution is 2.35. The van der Waals surface area contributed by atoms with E-state index in [0.29, 0.717) is 18.4 Å². The number of carbonyl (C=O) groups is 2. The van der Waals surface area contributed by atoms with Crippen molar-refractivity contribution in [2.75, 3.05) is 26.7 Å². The van der Waals surface area contributed by atoms with E-state index in [1.807, 2.05) is 35.2 Å². The number of rotatable bonds is 3. The lowest BCUT2D eigenvalue weighted by Gasteiger charge is -2.21. The fraction of sp³-hybridized carbons (Fsp3) is 0.500. The van der Waals surface area contributed by atoms with Crippen LogP contribution in [0.1, 0.15) is 31.2 Å². The molecule has 0 N–H and O–H groups in total. The lowest BCUT2D eigenvalue weighted by Crippen LogP contribution is -2.35. The Morgan fingerprint density at radius 3 is 2.71 bits per heavy atom. The van der Waals surface area contributed by atoms with Gasteiger partial charge in [0.2, 0.25) is 5.91 Å². The first-order chi connectivity index (χ1) is 11.6. The van der Waals surface area contributed by atoms with Gasteiger partial charge in [0.1, 0.15) is 0 Å². The van der Waals surface area contributed by atoms with Crippen LogP contribution in [0.4, 0.5) is 0 Å². The van der Waals surface area contributed by atoms with Crippen LogP contribution in [0.25, 0.3) is 5.57 Å². The summed E-state index contributed by atoms with van der Waals surface area (Å²) in [6.07, 6.45) is 2.76. The van der Waals surface area contributed by atoms with Gasteiger partial charge in [-0.05, 0) is 43.5 Å². The largest absolute Gasteiger partial charge is 0.340 e. The highest BCUT2D eigenvalue weighted by molar-refractivity contribution is 6.10. The molecule has 0 saturated carbocycles. The number of nitrogens with zero attached hydrogens (tertiary/aromatic N) is 2. The van der Waals surface area contributed by atoms with Gasteiger partial charge < -0.3 is 9.80 Å². The zero-order chi connectivity index (χ0) is 16.7. The number of benzene rings is 1. The third kappa shape index (κ3) is 2.69. The molecule has 0 bridgehead atoms. The maximum Gasteiger partial charge on any atom is 0.227 e. The molecule has 24 heavy (non-hydrogen) atoms. The summed E-state index contributed by atoms with van der Waals surface area (Å²) >= 11 is 0. The molecule has 2 atom stereocenters. The van der Waals surface area contributed by atoms with Gasteiger partial charge in [0.25, 0.3) is 0 Å². The molecule has 126 valence electrons. The number of hydrogen-bond acceptors (Lipinski definition) is 3. The topological polar surface area (TPSA) is 40.6 Å². The van der Waals surface area contributed by atoms with Crippen LogP contribution in [0.15, 0.2) is 35.9 Å². The molecule has 0 unspecified atom stereocenters. The van der Waals surface area contributed by atoms with Crippen molar-refractivity contribution in [1.82, 2.24) is 9.80 Å². The SMILES string of the molecule is CN1CC[C@@H]2CN(C(=O)CC3=C(c4ccccc4)CCC3=O)C[C@@H]21. The van der Waals surface area contributed by atoms with Crippen LogP contribution in [0.3, 0.4) is 0 Å². The summed E-state index contributed by atoms with van der Waals surface area (Å²) in [5.41, 5.74) is 2.91. The van der Waals surface area contributed by atoms with E-state index in [0.717, 1.165) is 42.8 Å². The number of carbonyl (C=O) groups excluding carboxylic acids is 2. The molecule has 3 aliphatic rings. The normalized spacial score (nSPS) is 27.2. The quantitative estimate of drug-likeness (QED) is 0.857. The van der Waals surface area contributed by atoms with Crippen LogP contribution < -0.4 is 0 Å². The second kappa shape index (κ2) is 6.17. The summed E-state index contributed by atoms with van der Waals surface area (Å²) in [5, 5.41) is 0. The predicted molar refractivity (Wildman–Crippen MR) is 93.3 cm³/mol. The standard InChI is InChI=1S/C20H24N2O2/c1-21-10-9-15-12-22(13-18(15)21)20(24)11-17-16(7-8-19(17)23)14-5-3-2-4-6-14/h2-6,15,18H,7-13H2,1H3/t15-,18+/m1/s1. The second-order valence-electron chi connectivity index (χ2n) is 7.32. The molecule has 1 amide bonds. The molecular weight excluding hydrogens is 300 g/mol. The minimum atomic E-state index is 0.122. The Bertz CT molecular complexity index is 695. The molecule has 1 aromatic rings. The summed E-state index contributed by atoms with van der Waals surface area (Å²) < 4.78 is 0. The van der Waals surface area contributed by atoms with Crippen molar-refractivity contribution in [1.29, 1.82) is 0 Å². The molecule has 2 fully saturated rings. The summed E-state index contributed by atoms with van der Waals surface area (Å²) in [5.74, 6) is 0.885. The zero-order valence-electron chi connectivity index (χ0n) is 14.2. The summed E-state index contributed by atoms with van der Waals surface area (Å²) in [6.45, 7) is 2.82. The highest BCUT2D eigenvalue weighted by Gasteiger charge is 2.41. The monoisotopic (exact) mass is 324 g/mol. The third-order valence-electron chi connectivity index (χ3n) is 5.93. The van der Waals surface area contributed by atoms with Crippen LogP contribution >= 0.6 is 0 Å². The highest BCUT2D eigenvalue weighted by atomic mass is 16.2. The number of Topliss-reactive ketones (excluding diaryl/α,β-unsaturated/α-hetero) is 1. The number of hydrogen-bond donors (Lipinski definition) is 0. The summed E-state index contributed by atoms with van der Waals surface area (Å²) in [6, 6.07) is 10.5. The third-order valence-corrected chi connectivity index (χ3v) is 5.93. The van der Waals surface area contributed by atoms with E-state index in [4.69, 9.17) is 0 Å². The fourth-order valence-electron chi connectivity index (χ4n) is 4.51. The predicted octanol–water partition coefficient (Wildman–Crippen LogP) is 2.36. The molecule has 2 saturated heterocycles. The number of amides is 1. The van der Waals surface area contributed by atoms with Crippen LogP contribution in [0, 0.1) is 5.92 Å². The molecule has 4 rings (SSSR count). The molecule has 2 aliphatic heterocycles. The number of likely N-dealkylation sites (N-methyl/N-ethyl adjacent to an activating group) is 1. The Balaban J connectivity index is 1.51. The number of fused-ring (bicyclic) bond motifs is 1. The maximum atomic E-state index is 12.8. The van der Waals surface area contributed by atoms with Crippen LogP contribution in [-0.4, -0.2) is 54.2 Å². The van der Waals surface area contributed by atoms with E-state index >= 15 is 0 Å². The van der Waals surface area contributed by atoms with E-state index in [1.54, 1.807) is 0 Å². The van der Waals surface area contributed by atoms with E-state index in [1.165, 1.54) is 6.42 Å². The summed E-state index contributed by atoms with van der Waals surface area (Å²) in [4.78, 5) is 29.4. The summed E-state index contributed by atoms with van der Waals surface area (Å²) in [7, 11) is 2.15. The van der Waals surface area contributed by atoms with Gasteiger partial charge in [-0.25, -0.2) is 0 Å². The van der Waals surface area contributed by atoms with Crippen molar-refractivity contribution in [3.05, 3.63) is 41.5 Å². The van der Waals surface area contributed by atoms with Gasteiger partial charge in [-0.3, -0.25) is 9.59 Å². The lowest BCUT2D eigenvalue weighted by molar-refractivity contribution is -0.130. The molecule has 0 aromatic heterocycles. The van der Waals surface area contributed by atoms with Crippen molar-refractivity contribution in [3.8, 4) is 0 Å². The fourth-order valence-corrected chi connectivity index (χ4v) is 4.51. The van der Waals surface area contributed by atoms with Gasteiger partial charge in [0.15, 0.2) is 5.78 Å². The van der Waals surface area contributed by atoms with Gasteiger partial charge in [0.05, 0.1) is 6.42 Å². The van der Waals surface area contributed by atoms with E-state index in [-0.39, 0.29) is 18.1 Å². The lowest BCUT2D eigenvalue weighted by atomic mass is 10.00. The molecule has 4 heteroatoms. The minimum absolute atomic E-state index is 0.122. The number of allylic oxidation sites excluding steroid dienone is 1. The Morgan fingerprint density at radius 1 is 1.17 bits per heavy atom. The van der Waals surface area contributed by atoms with Crippen LogP contribution in [-0.2, 0) is 9.59 Å². The van der Waals surface area contributed by atoms with Gasteiger partial charge in [-0.1, -0.05) is 30.3 Å². The number of ketones is 1. The van der Waals surface area contributed by atoms with Crippen molar-refractivity contribution >= 4 is 17.3 Å². The zero-order valence-corrected chi connectivity index (χ0v) is 14.2. The Hall–Kier alpha value is -1.94. The van der Waals surface area contributed by atoms with Gasteiger partial charge >= 0.3 is 0 Å². The molecule has 0 radical (unpaired) electrons. The first kappa shape index (κ1) is 15.6. The molecule has 4 nitrogen and oxygen atoms in total. The van der Waals surface area contributed by atoms with E-state index < -0.39 is 0 Å². The second-order valence-corrected chi connectivity index (χ2v) is 7.32. The van der Waals surface area contributed by atoms with Crippen LogP contribution in [0.2, 0.25) is 0 Å². The van der Waals surface area contributed by atoms with Gasteiger partial charge in [-0.15, -0.1) is 0 Å². The minimum Gasteiger partial charge on any atom is -0.340 e. The maximum absolute atomic E-state index is 12.8. The molecule has 0 spiro atoms. The van der Waals surface area contributed by atoms with Crippen LogP contribution in [0.5, 0.6) is 0 Å².